The van der Waals surface area contributed by atoms with Gasteiger partial charge in [-0.1, -0.05) is 285 Å². The average Bonchev–Trinajstić information content (AvgIpc) is 1.56. The first-order valence-corrected chi connectivity index (χ1v) is 35.6. The van der Waals surface area contributed by atoms with Gasteiger partial charge in [0.1, 0.15) is 0 Å². The van der Waals surface area contributed by atoms with E-state index in [-0.39, 0.29) is 18.3 Å². The Morgan fingerprint density at radius 1 is 0.276 bits per heavy atom. The summed E-state index contributed by atoms with van der Waals surface area (Å²) in [7, 11) is -0.365. The smallest absolute Gasteiger partial charge is 0.399 e. The van der Waals surface area contributed by atoms with Crippen LogP contribution in [0.3, 0.4) is 0 Å². The topological polar surface area (TPSA) is 27.3 Å². The fraction of sp³-hybridized carbons (Fsp3) is 0.0667. The predicted octanol–water partition coefficient (Wildman–Crippen LogP) is 25.4. The average molecular weight is 1310 g/mol. The Morgan fingerprint density at radius 2 is 0.602 bits per heavy atom. The lowest BCUT2D eigenvalue weighted by molar-refractivity contribution is 0.00578. The van der Waals surface area contributed by atoms with Crippen LogP contribution in [0.25, 0.3) is 172 Å². The maximum atomic E-state index is 6.41. The molecule has 0 bridgehead atoms. The molecule has 466 valence electrons. The Bertz CT molecular complexity index is 6490. The molecule has 0 N–H and O–H groups in total. The van der Waals surface area contributed by atoms with Gasteiger partial charge >= 0.3 is 7.12 Å². The fourth-order valence-corrected chi connectivity index (χ4v) is 18.3. The van der Waals surface area contributed by atoms with Crippen molar-refractivity contribution in [3.05, 3.63) is 308 Å². The molecule has 0 radical (unpaired) electrons. The standard InChI is InChI=1S/C42H25NS.C30H27BO2S.C18H10ClN/c1-2-9-26(10-3-1)27-19-21-28(22-20-27)30-12-6-16-36-37-17-7-13-31(42(37)44-41(30)36)29-23-24-33-35-15-8-14-34-32-11-4-5-18-38(32)43(40(34)35)39(33)25-29;1-29(2)30(3,4)33-31(32-29)26-15-9-14-25-24-13-8-12-23(27(24)34-28(25)26)22-18-16-21(17-19-22)20-10-6-5-7-11-20;19-11-8-9-13-15-6-3-5-14-12-4-1-2-7-16(12)20(18(14)15)17(13)10-11/h1-25H;5-19H,1-4H3;1-10H. The second-order valence-corrected chi connectivity index (χ2v) is 29.4. The molecule has 98 heavy (non-hydrogen) atoms. The van der Waals surface area contributed by atoms with Gasteiger partial charge < -0.3 is 18.1 Å². The molecule has 0 amide bonds. The van der Waals surface area contributed by atoms with Crippen LogP contribution in [0.1, 0.15) is 27.7 Å². The van der Waals surface area contributed by atoms with Crippen LogP contribution in [0.2, 0.25) is 5.02 Å². The SMILES string of the molecule is CC1(C)OB(c2cccc3c2sc2c(-c4ccc(-c5ccccc5)cc4)cccc23)OC1(C)C.Clc1ccc2c3cccc4c5ccccc5n(c2c1)c43.c1ccc(-c2ccc(-c3cccc4c3sc3c(-c5ccc6c7cccc8c9ccccc9n(c6c5)c87)cccc34)cc2)cc1. The maximum Gasteiger partial charge on any atom is 0.496 e. The zero-order valence-corrected chi connectivity index (χ0v) is 56.7. The van der Waals surface area contributed by atoms with E-state index in [0.29, 0.717) is 0 Å². The first-order chi connectivity index (χ1) is 48.0. The van der Waals surface area contributed by atoms with Gasteiger partial charge in [0, 0.05) is 88.5 Å². The number of fused-ring (bicyclic) bond motifs is 18. The highest BCUT2D eigenvalue weighted by Crippen LogP contribution is 2.48. The van der Waals surface area contributed by atoms with Gasteiger partial charge in [-0.3, -0.25) is 0 Å². The Hall–Kier alpha value is -10.6. The maximum absolute atomic E-state index is 6.41. The monoisotopic (exact) mass is 1310 g/mol. The summed E-state index contributed by atoms with van der Waals surface area (Å²) in [6, 6.07) is 109. The molecule has 21 rings (SSSR count). The van der Waals surface area contributed by atoms with Gasteiger partial charge in [-0.25, -0.2) is 0 Å². The number of hydrogen-bond donors (Lipinski definition) is 0. The Kier molecular flexibility index (Phi) is 13.6. The van der Waals surface area contributed by atoms with Crippen molar-refractivity contribution in [1.82, 2.24) is 8.80 Å². The van der Waals surface area contributed by atoms with Crippen LogP contribution < -0.4 is 5.46 Å². The number of thiophene rings is 2. The van der Waals surface area contributed by atoms with Crippen molar-refractivity contribution in [3.8, 4) is 55.6 Å². The molecule has 4 nitrogen and oxygen atoms in total. The molecule has 8 heteroatoms. The largest absolute Gasteiger partial charge is 0.496 e. The van der Waals surface area contributed by atoms with Gasteiger partial charge in [-0.15, -0.1) is 22.7 Å². The molecule has 0 atom stereocenters. The lowest BCUT2D eigenvalue weighted by atomic mass is 9.78. The molecular formula is C90H62BClN2O2S2. The lowest BCUT2D eigenvalue weighted by Crippen LogP contribution is -2.41. The number of para-hydroxylation sites is 4. The minimum atomic E-state index is -0.365. The van der Waals surface area contributed by atoms with Crippen molar-refractivity contribution < 1.29 is 9.31 Å². The highest BCUT2D eigenvalue weighted by Gasteiger charge is 2.52. The van der Waals surface area contributed by atoms with Gasteiger partial charge in [0.2, 0.25) is 0 Å². The van der Waals surface area contributed by atoms with E-state index in [1.165, 1.54) is 172 Å². The van der Waals surface area contributed by atoms with Gasteiger partial charge in [-0.2, -0.15) is 0 Å². The van der Waals surface area contributed by atoms with Crippen LogP contribution in [0, 0.1) is 0 Å². The third kappa shape index (κ3) is 9.25. The Balaban J connectivity index is 0.000000110. The molecule has 0 aliphatic carbocycles. The normalized spacial score (nSPS) is 13.8. The molecule has 1 saturated heterocycles. The highest BCUT2D eigenvalue weighted by atomic mass is 35.5. The summed E-state index contributed by atoms with van der Waals surface area (Å²) in [5.74, 6) is 0. The summed E-state index contributed by atoms with van der Waals surface area (Å²) in [6.07, 6.45) is 0. The van der Waals surface area contributed by atoms with Crippen molar-refractivity contribution in [2.24, 2.45) is 0 Å². The summed E-state index contributed by atoms with van der Waals surface area (Å²) in [5.41, 5.74) is 20.5. The van der Waals surface area contributed by atoms with E-state index in [9.17, 15) is 0 Å². The minimum absolute atomic E-state index is 0.359. The number of benzene rings is 14. The number of rotatable bonds is 6. The van der Waals surface area contributed by atoms with Gasteiger partial charge in [-0.05, 0) is 119 Å². The highest BCUT2D eigenvalue weighted by molar-refractivity contribution is 7.27. The molecule has 20 aromatic rings. The van der Waals surface area contributed by atoms with E-state index in [0.717, 1.165) is 10.5 Å². The molecule has 14 aromatic carbocycles. The first kappa shape index (κ1) is 58.7. The molecule has 0 unspecified atom stereocenters. The van der Waals surface area contributed by atoms with Crippen LogP contribution in [0.15, 0.2) is 303 Å². The first-order valence-electron chi connectivity index (χ1n) is 33.6. The fourth-order valence-electron chi connectivity index (χ4n) is 15.4. The number of halogens is 1. The van der Waals surface area contributed by atoms with Crippen molar-refractivity contribution in [2.45, 2.75) is 38.9 Å². The number of hydrogen-bond acceptors (Lipinski definition) is 4. The summed E-state index contributed by atoms with van der Waals surface area (Å²) >= 11 is 9.96. The van der Waals surface area contributed by atoms with E-state index in [1.807, 2.05) is 28.7 Å². The summed E-state index contributed by atoms with van der Waals surface area (Å²) in [5, 5.41) is 16.4. The molecule has 6 aromatic heterocycles. The summed E-state index contributed by atoms with van der Waals surface area (Å²) < 4.78 is 22.8. The molecule has 1 fully saturated rings. The van der Waals surface area contributed by atoms with E-state index >= 15 is 0 Å². The van der Waals surface area contributed by atoms with E-state index in [2.05, 4.69) is 334 Å². The number of nitrogens with zero attached hydrogens (tertiary/aromatic N) is 2. The molecule has 1 aliphatic rings. The quantitative estimate of drug-likeness (QED) is 0.155. The molecular weight excluding hydrogens is 1250 g/mol. The second-order valence-electron chi connectivity index (χ2n) is 27.0. The van der Waals surface area contributed by atoms with Crippen molar-refractivity contribution in [2.75, 3.05) is 0 Å². The van der Waals surface area contributed by atoms with E-state index < -0.39 is 0 Å². The Labute approximate surface area is 580 Å². The van der Waals surface area contributed by atoms with Crippen molar-refractivity contribution in [1.29, 1.82) is 0 Å². The second kappa shape index (κ2) is 22.8. The summed E-state index contributed by atoms with van der Waals surface area (Å²) in [4.78, 5) is 0. The minimum Gasteiger partial charge on any atom is -0.399 e. The summed E-state index contributed by atoms with van der Waals surface area (Å²) in [6.45, 7) is 8.43. The van der Waals surface area contributed by atoms with Crippen molar-refractivity contribution >= 4 is 163 Å². The third-order valence-corrected chi connectivity index (χ3v) is 23.7. The Morgan fingerprint density at radius 3 is 1.08 bits per heavy atom. The molecule has 1 aliphatic heterocycles. The predicted molar refractivity (Wildman–Crippen MR) is 422 cm³/mol. The van der Waals surface area contributed by atoms with Crippen LogP contribution in [-0.2, 0) is 9.31 Å². The van der Waals surface area contributed by atoms with Gasteiger partial charge in [0.25, 0.3) is 0 Å². The number of aromatic nitrogens is 2. The van der Waals surface area contributed by atoms with Crippen LogP contribution in [0.4, 0.5) is 0 Å². The van der Waals surface area contributed by atoms with Crippen molar-refractivity contribution in [3.63, 3.8) is 0 Å². The lowest BCUT2D eigenvalue weighted by Gasteiger charge is -2.32. The third-order valence-electron chi connectivity index (χ3n) is 20.9. The van der Waals surface area contributed by atoms with E-state index in [1.54, 1.807) is 0 Å². The van der Waals surface area contributed by atoms with Crippen LogP contribution in [0.5, 0.6) is 0 Å². The van der Waals surface area contributed by atoms with Crippen LogP contribution in [-0.4, -0.2) is 27.1 Å². The molecule has 0 saturated carbocycles. The van der Waals surface area contributed by atoms with Gasteiger partial charge in [0.15, 0.2) is 0 Å². The van der Waals surface area contributed by atoms with Crippen LogP contribution >= 0.6 is 34.3 Å². The molecule has 7 heterocycles. The molecule has 0 spiro atoms. The zero-order chi connectivity index (χ0) is 65.5. The van der Waals surface area contributed by atoms with Gasteiger partial charge in [0.05, 0.1) is 44.3 Å². The van der Waals surface area contributed by atoms with E-state index in [4.69, 9.17) is 20.9 Å². The zero-order valence-electron chi connectivity index (χ0n) is 54.4.